The van der Waals surface area contributed by atoms with E-state index in [9.17, 15) is 0 Å². The minimum absolute atomic E-state index is 0.0341. The molecule has 0 saturated heterocycles. The highest BCUT2D eigenvalue weighted by Gasteiger charge is 2.31. The highest BCUT2D eigenvalue weighted by Crippen LogP contribution is 2.30. The van der Waals surface area contributed by atoms with Crippen LogP contribution in [0.4, 0.5) is 17.1 Å². The second-order valence-electron chi connectivity index (χ2n) is 15.6. The fourth-order valence-corrected chi connectivity index (χ4v) is 8.44. The number of nitrogens with zero attached hydrogens (tertiary/aromatic N) is 1. The van der Waals surface area contributed by atoms with Crippen LogP contribution in [-0.2, 0) is 0 Å². The Morgan fingerprint density at radius 2 is 0.288 bits per heavy atom. The van der Waals surface area contributed by atoms with Crippen LogP contribution in [0, 0.1) is 0 Å². The van der Waals surface area contributed by atoms with Gasteiger partial charge in [0.1, 0.15) is 212 Å². The van der Waals surface area contributed by atoms with Gasteiger partial charge in [0, 0.05) is 17.1 Å². The van der Waals surface area contributed by atoms with Gasteiger partial charge in [-0.25, -0.2) is 0 Å². The van der Waals surface area contributed by atoms with E-state index in [1.54, 1.807) is 0 Å². The third kappa shape index (κ3) is 6.91. The molecule has 0 aliphatic carbocycles. The zero-order chi connectivity index (χ0) is 49.5. The Hall–Kier alpha value is -3.39. The summed E-state index contributed by atoms with van der Waals surface area (Å²) in [5.41, 5.74) is -6.64. The van der Waals surface area contributed by atoms with Gasteiger partial charge in [-0.2, -0.15) is 0 Å². The molecule has 0 aliphatic rings. The van der Waals surface area contributed by atoms with Gasteiger partial charge in [0.15, 0.2) is 0 Å². The standard InChI is InChI=1S/C38B27N/c39-9-1-2-4(12(42)11(41)3(1)13(43)24(54)23(9)53)22(52)36(31(61)10(2)40)66(37-32(62)18(48)7(19(49)33(37)63)5-14(44)25(55)29(59)26(56)15(5)45)38-34(64)20(50)8(21(51)35(38)65)6-16(46)27(57)30(60)28(58)17(6)47. The van der Waals surface area contributed by atoms with Crippen LogP contribution in [0.25, 0.3) is 43.8 Å². The molecule has 1 nitrogen and oxygen atoms in total. The van der Waals surface area contributed by atoms with E-state index in [2.05, 4.69) is 0 Å². The molecule has 0 bridgehead atoms. The first-order valence-electron chi connectivity index (χ1n) is 19.0. The van der Waals surface area contributed by atoms with Gasteiger partial charge in [-0.1, -0.05) is 104 Å². The van der Waals surface area contributed by atoms with Crippen LogP contribution < -0.4 is 152 Å². The molecule has 0 amide bonds. The van der Waals surface area contributed by atoms with Crippen LogP contribution in [-0.4, -0.2) is 212 Å². The van der Waals surface area contributed by atoms with Gasteiger partial charge in [0.2, 0.25) is 0 Å². The predicted molar refractivity (Wildman–Crippen MR) is 312 cm³/mol. The molecule has 0 unspecified atom stereocenters. The first-order valence-corrected chi connectivity index (χ1v) is 19.0. The maximum Gasteiger partial charge on any atom is 0.117 e. The van der Waals surface area contributed by atoms with E-state index in [1.165, 1.54) is 0 Å². The van der Waals surface area contributed by atoms with Crippen LogP contribution in [0.15, 0.2) is 0 Å². The minimum Gasteiger partial charge on any atom is -0.314 e. The van der Waals surface area contributed by atoms with Crippen LogP contribution >= 0.6 is 0 Å². The smallest absolute Gasteiger partial charge is 0.117 e. The van der Waals surface area contributed by atoms with Gasteiger partial charge in [-0.15, -0.1) is 43.7 Å². The number of anilines is 3. The molecule has 54 radical (unpaired) electrons. The lowest BCUT2D eigenvalue weighted by Crippen LogP contribution is -2.58. The molecule has 0 aliphatic heterocycles. The molecule has 0 aromatic heterocycles. The fraction of sp³-hybridized carbons (Fsp3) is 0. The largest absolute Gasteiger partial charge is 0.314 e. The predicted octanol–water partition coefficient (Wildman–Crippen LogP) is -21.8. The van der Waals surface area contributed by atoms with Crippen LogP contribution in [0.5, 0.6) is 0 Å². The first-order chi connectivity index (χ1) is 30.6. The molecular weight excluding hydrogens is 762 g/mol. The summed E-state index contributed by atoms with van der Waals surface area (Å²) in [6, 6.07) is 0. The van der Waals surface area contributed by atoms with Crippen molar-refractivity contribution in [2.45, 2.75) is 0 Å². The van der Waals surface area contributed by atoms with Crippen molar-refractivity contribution in [3.63, 3.8) is 0 Å². The maximum atomic E-state index is 7.18. The molecule has 0 heterocycles. The van der Waals surface area contributed by atoms with E-state index in [0.717, 1.165) is 4.90 Å². The zero-order valence-electron chi connectivity index (χ0n) is 35.0. The van der Waals surface area contributed by atoms with Gasteiger partial charge in [-0.3, -0.25) is 0 Å². The summed E-state index contributed by atoms with van der Waals surface area (Å²) in [4.78, 5) is 1.16. The molecule has 238 valence electrons. The number of benzene rings is 7. The Kier molecular flexibility index (Phi) is 13.4. The SMILES string of the molecule is [B]c1c([B])c([B])c(-c2c([B])c([B])c(N(c3c([B])c([B])c(-c4c([B])c([B])c([B])c([B])c4[B])c([B])c3[B])c3c([B])c([B])c4c(c3[B])c([B])c([B])c3c([B])c([B])c([B])c([B])c34)c([B])c2[B])c([B])c1[B]. The second-order valence-corrected chi connectivity index (χ2v) is 15.6. The minimum atomic E-state index is -0.360. The average Bonchev–Trinajstić information content (AvgIpc) is 3.28. The van der Waals surface area contributed by atoms with Gasteiger partial charge < -0.3 is 4.90 Å². The third-order valence-corrected chi connectivity index (χ3v) is 12.2. The van der Waals surface area contributed by atoms with Crippen molar-refractivity contribution in [3.8, 4) is 22.3 Å². The Labute approximate surface area is 422 Å². The second kappa shape index (κ2) is 17.5. The molecule has 66 heavy (non-hydrogen) atoms. The van der Waals surface area contributed by atoms with Gasteiger partial charge in [0.25, 0.3) is 0 Å². The van der Waals surface area contributed by atoms with Crippen molar-refractivity contribution in [2.75, 3.05) is 4.90 Å². The Morgan fingerprint density at radius 1 is 0.136 bits per heavy atom. The molecule has 0 fully saturated rings. The third-order valence-electron chi connectivity index (χ3n) is 12.2. The molecule has 0 N–H and O–H groups in total. The molecule has 7 aromatic rings. The Bertz CT molecular complexity index is 3150. The summed E-state index contributed by atoms with van der Waals surface area (Å²) < 4.78 is 0. The lowest BCUT2D eigenvalue weighted by atomic mass is 9.56. The first kappa shape index (κ1) is 50.5. The van der Waals surface area contributed by atoms with Gasteiger partial charge in [-0.05, 0) is 43.8 Å². The van der Waals surface area contributed by atoms with Crippen LogP contribution in [0.2, 0.25) is 0 Å². The number of hydrogen-bond acceptors (Lipinski definition) is 1. The van der Waals surface area contributed by atoms with E-state index >= 15 is 0 Å². The molecule has 7 rings (SSSR count). The molecular formula is C38B27N. The normalized spacial score (nSPS) is 11.5. The molecule has 0 saturated carbocycles. The lowest BCUT2D eigenvalue weighted by molar-refractivity contribution is 1.37. The summed E-state index contributed by atoms with van der Waals surface area (Å²) >= 11 is 0. The van der Waals surface area contributed by atoms with Crippen molar-refractivity contribution in [1.82, 2.24) is 0 Å². The van der Waals surface area contributed by atoms with E-state index in [-0.39, 0.29) is 208 Å². The van der Waals surface area contributed by atoms with Gasteiger partial charge >= 0.3 is 0 Å². The van der Waals surface area contributed by atoms with Crippen molar-refractivity contribution in [2.24, 2.45) is 0 Å². The summed E-state index contributed by atoms with van der Waals surface area (Å²) in [5, 5.41) is 0.246. The van der Waals surface area contributed by atoms with Crippen LogP contribution in [0.3, 0.4) is 0 Å². The van der Waals surface area contributed by atoms with Crippen molar-refractivity contribution in [3.05, 3.63) is 0 Å². The number of hydrogen-bond donors (Lipinski definition) is 0. The lowest BCUT2D eigenvalue weighted by Gasteiger charge is -2.40. The summed E-state index contributed by atoms with van der Waals surface area (Å²) in [5.74, 6) is 0. The van der Waals surface area contributed by atoms with Crippen molar-refractivity contribution < 1.29 is 0 Å². The molecule has 0 spiro atoms. The van der Waals surface area contributed by atoms with E-state index in [0.29, 0.717) is 0 Å². The zero-order valence-corrected chi connectivity index (χ0v) is 35.0. The summed E-state index contributed by atoms with van der Waals surface area (Å²) in [6.07, 6.45) is 0. The quantitative estimate of drug-likeness (QED) is 0.125. The highest BCUT2D eigenvalue weighted by atomic mass is 15.2. The number of fused-ring (bicyclic) bond motifs is 3. The topological polar surface area (TPSA) is 3.24 Å². The van der Waals surface area contributed by atoms with Crippen LogP contribution in [0.1, 0.15) is 0 Å². The van der Waals surface area contributed by atoms with Crippen molar-refractivity contribution in [1.29, 1.82) is 0 Å². The molecule has 7 aromatic carbocycles. The van der Waals surface area contributed by atoms with E-state index in [1.807, 2.05) is 0 Å². The van der Waals surface area contributed by atoms with Crippen molar-refractivity contribution >= 4 is 398 Å². The highest BCUT2D eigenvalue weighted by molar-refractivity contribution is 6.77. The maximum absolute atomic E-state index is 7.18. The molecule has 28 heteroatoms. The number of rotatable bonds is 5. The monoisotopic (exact) mass is 767 g/mol. The average molecular weight is 762 g/mol. The summed E-state index contributed by atoms with van der Waals surface area (Å²) in [7, 11) is 179. The summed E-state index contributed by atoms with van der Waals surface area (Å²) in [6.45, 7) is 0. The van der Waals surface area contributed by atoms with E-state index in [4.69, 9.17) is 212 Å². The molecule has 0 atom stereocenters. The Morgan fingerprint density at radius 3 is 0.576 bits per heavy atom. The Balaban J connectivity index is 1.73. The van der Waals surface area contributed by atoms with Gasteiger partial charge in [0.05, 0.1) is 0 Å². The van der Waals surface area contributed by atoms with E-state index < -0.39 is 0 Å². The fourth-order valence-electron chi connectivity index (χ4n) is 8.44.